The van der Waals surface area contributed by atoms with Gasteiger partial charge >= 0.3 is 0 Å². The molecule has 3 nitrogen and oxygen atoms in total. The molecule has 140 valence electrons. The molecule has 0 spiro atoms. The molecular weight excluding hydrogens is 436 g/mol. The average molecular weight is 454 g/mol. The number of hydrogen-bond donors (Lipinski definition) is 0. The zero-order valence-corrected chi connectivity index (χ0v) is 17.6. The largest absolute Gasteiger partial charge is 0.462 e. The molecule has 0 radical (unpaired) electrons. The molecule has 2 aliphatic rings. The molecule has 2 heterocycles. The molecular formula is C23H18BrClN2O. The monoisotopic (exact) mass is 452 g/mol. The normalized spacial score (nSPS) is 22.9. The van der Waals surface area contributed by atoms with Crippen molar-refractivity contribution in [2.45, 2.75) is 25.1 Å². The lowest BCUT2D eigenvalue weighted by atomic mass is 9.92. The van der Waals surface area contributed by atoms with Gasteiger partial charge in [0.25, 0.3) is 0 Å². The van der Waals surface area contributed by atoms with Crippen molar-refractivity contribution < 1.29 is 4.74 Å². The van der Waals surface area contributed by atoms with Crippen molar-refractivity contribution >= 4 is 33.2 Å². The van der Waals surface area contributed by atoms with Crippen LogP contribution in [0.1, 0.15) is 36.1 Å². The second-order valence-corrected chi connectivity index (χ2v) is 8.60. The third kappa shape index (κ3) is 2.83. The number of ether oxygens (including phenoxy) is 1. The fraction of sp³-hybridized carbons (Fsp3) is 0.174. The fourth-order valence-electron chi connectivity index (χ4n) is 4.03. The van der Waals surface area contributed by atoms with Crippen LogP contribution in [-0.2, 0) is 5.72 Å². The van der Waals surface area contributed by atoms with Gasteiger partial charge in [0.05, 0.1) is 11.8 Å². The van der Waals surface area contributed by atoms with Gasteiger partial charge in [-0.1, -0.05) is 70.0 Å². The minimum absolute atomic E-state index is 0.0753. The molecule has 0 unspecified atom stereocenters. The summed E-state index contributed by atoms with van der Waals surface area (Å²) >= 11 is 9.83. The van der Waals surface area contributed by atoms with Gasteiger partial charge in [-0.05, 0) is 35.9 Å². The van der Waals surface area contributed by atoms with E-state index in [1.165, 1.54) is 0 Å². The van der Waals surface area contributed by atoms with Gasteiger partial charge in [-0.3, -0.25) is 0 Å². The van der Waals surface area contributed by atoms with E-state index in [4.69, 9.17) is 21.4 Å². The van der Waals surface area contributed by atoms with E-state index in [9.17, 15) is 0 Å². The first kappa shape index (κ1) is 17.8. The van der Waals surface area contributed by atoms with Gasteiger partial charge in [-0.2, -0.15) is 5.10 Å². The third-order valence-corrected chi connectivity index (χ3v) is 6.24. The van der Waals surface area contributed by atoms with E-state index in [2.05, 4.69) is 52.1 Å². The number of nitrogens with zero attached hydrogens (tertiary/aromatic N) is 2. The quantitative estimate of drug-likeness (QED) is 0.441. The molecule has 5 rings (SSSR count). The molecule has 0 bridgehead atoms. The van der Waals surface area contributed by atoms with Crippen LogP contribution in [0.2, 0.25) is 5.02 Å². The van der Waals surface area contributed by atoms with Crippen molar-refractivity contribution in [2.75, 3.05) is 0 Å². The molecule has 2 aliphatic heterocycles. The van der Waals surface area contributed by atoms with E-state index in [1.54, 1.807) is 0 Å². The maximum Gasteiger partial charge on any atom is 0.221 e. The standard InChI is InChI=1S/C23H18BrClN2O/c1-23(16-7-9-17(24)10-8-16)27-21(19-13-18(25)11-12-22(19)28-23)14-20(26-27)15-5-3-2-4-6-15/h2-13,21H,14H2,1H3/t21-,23-/m0/s1. The minimum Gasteiger partial charge on any atom is -0.462 e. The Labute approximate surface area is 177 Å². The van der Waals surface area contributed by atoms with Crippen LogP contribution in [0.3, 0.4) is 0 Å². The Morgan fingerprint density at radius 2 is 1.82 bits per heavy atom. The van der Waals surface area contributed by atoms with Crippen LogP contribution in [0, 0.1) is 0 Å². The topological polar surface area (TPSA) is 24.8 Å². The molecule has 0 fully saturated rings. The van der Waals surface area contributed by atoms with Crippen LogP contribution < -0.4 is 4.74 Å². The summed E-state index contributed by atoms with van der Waals surface area (Å²) in [4.78, 5) is 0. The highest BCUT2D eigenvalue weighted by Crippen LogP contribution is 2.50. The molecule has 0 aliphatic carbocycles. The second-order valence-electron chi connectivity index (χ2n) is 7.25. The van der Waals surface area contributed by atoms with Crippen LogP contribution in [0.25, 0.3) is 0 Å². The number of hydrazone groups is 1. The zero-order chi connectivity index (χ0) is 19.3. The highest BCUT2D eigenvalue weighted by atomic mass is 79.9. The summed E-state index contributed by atoms with van der Waals surface area (Å²) in [6.07, 6.45) is 0.812. The Morgan fingerprint density at radius 1 is 1.07 bits per heavy atom. The first-order valence-electron chi connectivity index (χ1n) is 9.21. The van der Waals surface area contributed by atoms with Crippen molar-refractivity contribution in [3.8, 4) is 5.75 Å². The Hall–Kier alpha value is -2.30. The van der Waals surface area contributed by atoms with Gasteiger partial charge in [0.2, 0.25) is 5.72 Å². The maximum atomic E-state index is 6.54. The molecule has 2 atom stereocenters. The number of rotatable bonds is 2. The van der Waals surface area contributed by atoms with Crippen LogP contribution in [0.4, 0.5) is 0 Å². The van der Waals surface area contributed by atoms with E-state index >= 15 is 0 Å². The molecule has 0 saturated heterocycles. The summed E-state index contributed by atoms with van der Waals surface area (Å²) in [6.45, 7) is 2.08. The lowest BCUT2D eigenvalue weighted by Gasteiger charge is -2.46. The van der Waals surface area contributed by atoms with Crippen molar-refractivity contribution in [3.63, 3.8) is 0 Å². The predicted molar refractivity (Wildman–Crippen MR) is 116 cm³/mol. The van der Waals surface area contributed by atoms with Crippen molar-refractivity contribution in [1.82, 2.24) is 5.01 Å². The molecule has 28 heavy (non-hydrogen) atoms. The molecule has 5 heteroatoms. The Kier molecular flexibility index (Phi) is 4.22. The van der Waals surface area contributed by atoms with Crippen molar-refractivity contribution in [1.29, 1.82) is 0 Å². The average Bonchev–Trinajstić information content (AvgIpc) is 3.17. The molecule has 0 amide bonds. The smallest absolute Gasteiger partial charge is 0.221 e. The number of benzene rings is 3. The lowest BCUT2D eigenvalue weighted by molar-refractivity contribution is -0.112. The van der Waals surface area contributed by atoms with Gasteiger partial charge in [0.1, 0.15) is 5.75 Å². The number of fused-ring (bicyclic) bond motifs is 3. The first-order valence-corrected chi connectivity index (χ1v) is 10.4. The summed E-state index contributed by atoms with van der Waals surface area (Å²) in [7, 11) is 0. The summed E-state index contributed by atoms with van der Waals surface area (Å²) in [5, 5.41) is 7.84. The molecule has 0 saturated carbocycles. The van der Waals surface area contributed by atoms with Crippen LogP contribution in [0.15, 0.2) is 82.4 Å². The summed E-state index contributed by atoms with van der Waals surface area (Å²) < 4.78 is 7.58. The number of halogens is 2. The zero-order valence-electron chi connectivity index (χ0n) is 15.3. The van der Waals surface area contributed by atoms with E-state index < -0.39 is 5.72 Å². The Bertz CT molecular complexity index is 1070. The van der Waals surface area contributed by atoms with Gasteiger partial charge in [0.15, 0.2) is 0 Å². The van der Waals surface area contributed by atoms with Gasteiger partial charge in [0, 0.05) is 34.0 Å². The van der Waals surface area contributed by atoms with Gasteiger partial charge < -0.3 is 4.74 Å². The van der Waals surface area contributed by atoms with E-state index in [1.807, 2.05) is 48.5 Å². The van der Waals surface area contributed by atoms with Gasteiger partial charge in [-0.15, -0.1) is 0 Å². The minimum atomic E-state index is -0.706. The molecule has 3 aromatic rings. The second kappa shape index (κ2) is 6.64. The first-order chi connectivity index (χ1) is 13.5. The van der Waals surface area contributed by atoms with E-state index in [0.29, 0.717) is 5.02 Å². The molecule has 0 N–H and O–H groups in total. The van der Waals surface area contributed by atoms with E-state index in [0.717, 1.165) is 39.0 Å². The van der Waals surface area contributed by atoms with Crippen molar-refractivity contribution in [2.24, 2.45) is 5.10 Å². The molecule has 0 aromatic heterocycles. The third-order valence-electron chi connectivity index (χ3n) is 5.47. The van der Waals surface area contributed by atoms with Gasteiger partial charge in [-0.25, -0.2) is 5.01 Å². The van der Waals surface area contributed by atoms with Crippen molar-refractivity contribution in [3.05, 3.63) is 99.0 Å². The predicted octanol–water partition coefficient (Wildman–Crippen LogP) is 6.52. The summed E-state index contributed by atoms with van der Waals surface area (Å²) in [6, 6.07) is 24.5. The molecule has 3 aromatic carbocycles. The Balaban J connectivity index is 1.66. The lowest BCUT2D eigenvalue weighted by Crippen LogP contribution is -2.48. The van der Waals surface area contributed by atoms with E-state index in [-0.39, 0.29) is 6.04 Å². The summed E-state index contributed by atoms with van der Waals surface area (Å²) in [5.41, 5.74) is 3.63. The highest BCUT2D eigenvalue weighted by Gasteiger charge is 2.48. The summed E-state index contributed by atoms with van der Waals surface area (Å²) in [5.74, 6) is 0.862. The SMILES string of the molecule is C[C@@]1(c2ccc(Br)cc2)Oc2ccc(Cl)cc2[C@@H]2CC(c3ccccc3)=NN21. The van der Waals surface area contributed by atoms with Crippen LogP contribution in [-0.4, -0.2) is 10.7 Å². The fourth-order valence-corrected chi connectivity index (χ4v) is 4.48. The maximum absolute atomic E-state index is 6.54. The highest BCUT2D eigenvalue weighted by molar-refractivity contribution is 9.10. The van der Waals surface area contributed by atoms with Crippen LogP contribution >= 0.6 is 27.5 Å². The number of hydrogen-bond acceptors (Lipinski definition) is 3. The van der Waals surface area contributed by atoms with Crippen LogP contribution in [0.5, 0.6) is 5.75 Å². The Morgan fingerprint density at radius 3 is 2.57 bits per heavy atom.